The minimum absolute atomic E-state index is 0.259. The van der Waals surface area contributed by atoms with E-state index in [4.69, 9.17) is 10.5 Å². The molecule has 1 atom stereocenters. The summed E-state index contributed by atoms with van der Waals surface area (Å²) in [4.78, 5) is 4.34. The van der Waals surface area contributed by atoms with E-state index in [1.807, 2.05) is 47.4 Å². The quantitative estimate of drug-likeness (QED) is 0.647. The number of ether oxygens (including phenoxy) is 1. The first-order valence-corrected chi connectivity index (χ1v) is 7.55. The predicted molar refractivity (Wildman–Crippen MR) is 85.9 cm³/mol. The van der Waals surface area contributed by atoms with Crippen molar-refractivity contribution >= 4 is 5.96 Å². The summed E-state index contributed by atoms with van der Waals surface area (Å²) in [6.45, 7) is 2.08. The summed E-state index contributed by atoms with van der Waals surface area (Å²) < 4.78 is 7.37. The van der Waals surface area contributed by atoms with Crippen LogP contribution in [0.2, 0.25) is 0 Å². The average molecular weight is 299 g/mol. The second kappa shape index (κ2) is 7.09. The summed E-state index contributed by atoms with van der Waals surface area (Å²) in [5.41, 5.74) is 7.92. The summed E-state index contributed by atoms with van der Waals surface area (Å²) in [5, 5.41) is 7.45. The van der Waals surface area contributed by atoms with Crippen molar-refractivity contribution in [3.63, 3.8) is 0 Å². The molecule has 3 N–H and O–H groups in total. The van der Waals surface area contributed by atoms with Crippen molar-refractivity contribution in [2.75, 3.05) is 13.2 Å². The fraction of sp³-hybridized carbons (Fsp3) is 0.375. The van der Waals surface area contributed by atoms with Gasteiger partial charge >= 0.3 is 0 Å². The molecule has 1 fully saturated rings. The first kappa shape index (κ1) is 14.6. The first-order chi connectivity index (χ1) is 10.8. The fourth-order valence-electron chi connectivity index (χ4n) is 2.42. The van der Waals surface area contributed by atoms with E-state index in [1.165, 1.54) is 0 Å². The van der Waals surface area contributed by atoms with E-state index >= 15 is 0 Å². The third kappa shape index (κ3) is 3.85. The Morgan fingerprint density at radius 1 is 1.41 bits per heavy atom. The van der Waals surface area contributed by atoms with Crippen LogP contribution < -0.4 is 11.1 Å². The molecule has 0 aliphatic carbocycles. The van der Waals surface area contributed by atoms with Crippen LogP contribution in [0.4, 0.5) is 0 Å². The third-order valence-electron chi connectivity index (χ3n) is 3.62. The molecule has 0 bridgehead atoms. The number of hydrogen-bond donors (Lipinski definition) is 2. The Kier molecular flexibility index (Phi) is 4.70. The van der Waals surface area contributed by atoms with E-state index in [-0.39, 0.29) is 6.10 Å². The van der Waals surface area contributed by atoms with Gasteiger partial charge in [-0.2, -0.15) is 5.10 Å². The monoisotopic (exact) mass is 299 g/mol. The molecule has 116 valence electrons. The Bertz CT molecular complexity index is 616. The Morgan fingerprint density at radius 2 is 2.27 bits per heavy atom. The highest BCUT2D eigenvalue weighted by molar-refractivity contribution is 5.77. The average Bonchev–Trinajstić information content (AvgIpc) is 3.23. The van der Waals surface area contributed by atoms with Gasteiger partial charge in [0.05, 0.1) is 24.5 Å². The van der Waals surface area contributed by atoms with Gasteiger partial charge in [-0.15, -0.1) is 0 Å². The Hall–Kier alpha value is -2.34. The molecule has 1 aliphatic heterocycles. The SMILES string of the molecule is NC(=NCc1cnn(-c2ccccc2)c1)NCC1CCCO1. The standard InChI is InChI=1S/C16H21N5O/c17-16(19-11-15-7-4-8-22-15)18-9-13-10-20-21(12-13)14-5-2-1-3-6-14/h1-3,5-6,10,12,15H,4,7-9,11H2,(H3,17,18,19). The minimum atomic E-state index is 0.259. The van der Waals surface area contributed by atoms with Crippen molar-refractivity contribution in [3.05, 3.63) is 48.3 Å². The van der Waals surface area contributed by atoms with Crippen LogP contribution in [0.1, 0.15) is 18.4 Å². The summed E-state index contributed by atoms with van der Waals surface area (Å²) in [6.07, 6.45) is 6.25. The summed E-state index contributed by atoms with van der Waals surface area (Å²) in [6, 6.07) is 9.98. The zero-order chi connectivity index (χ0) is 15.2. The highest BCUT2D eigenvalue weighted by Crippen LogP contribution is 2.10. The van der Waals surface area contributed by atoms with Gasteiger partial charge in [0, 0.05) is 24.9 Å². The number of nitrogens with zero attached hydrogens (tertiary/aromatic N) is 3. The molecule has 0 amide bonds. The maximum atomic E-state index is 5.87. The second-order valence-corrected chi connectivity index (χ2v) is 5.35. The summed E-state index contributed by atoms with van der Waals surface area (Å²) in [7, 11) is 0. The van der Waals surface area contributed by atoms with Crippen molar-refractivity contribution in [1.82, 2.24) is 15.1 Å². The van der Waals surface area contributed by atoms with Gasteiger partial charge < -0.3 is 15.8 Å². The number of para-hydroxylation sites is 1. The number of hydrogen-bond acceptors (Lipinski definition) is 3. The molecule has 1 unspecified atom stereocenters. The molecule has 3 rings (SSSR count). The Balaban J connectivity index is 1.52. The molecule has 1 saturated heterocycles. The first-order valence-electron chi connectivity index (χ1n) is 7.55. The Labute approximate surface area is 130 Å². The van der Waals surface area contributed by atoms with E-state index in [0.29, 0.717) is 12.5 Å². The van der Waals surface area contributed by atoms with Crippen LogP contribution in [0.5, 0.6) is 0 Å². The van der Waals surface area contributed by atoms with Crippen molar-refractivity contribution < 1.29 is 4.74 Å². The molecule has 6 heteroatoms. The molecule has 6 nitrogen and oxygen atoms in total. The zero-order valence-corrected chi connectivity index (χ0v) is 12.5. The number of benzene rings is 1. The predicted octanol–water partition coefficient (Wildman–Crippen LogP) is 1.46. The van der Waals surface area contributed by atoms with Gasteiger partial charge in [-0.3, -0.25) is 0 Å². The fourth-order valence-corrected chi connectivity index (χ4v) is 2.42. The van der Waals surface area contributed by atoms with E-state index < -0.39 is 0 Å². The lowest BCUT2D eigenvalue weighted by Gasteiger charge is -2.10. The van der Waals surface area contributed by atoms with E-state index in [0.717, 1.165) is 37.2 Å². The molecule has 0 saturated carbocycles. The molecule has 1 aromatic carbocycles. The molecular weight excluding hydrogens is 278 g/mol. The van der Waals surface area contributed by atoms with Gasteiger partial charge in [0.25, 0.3) is 0 Å². The number of aromatic nitrogens is 2. The van der Waals surface area contributed by atoms with Crippen LogP contribution in [-0.2, 0) is 11.3 Å². The van der Waals surface area contributed by atoms with E-state index in [2.05, 4.69) is 15.4 Å². The largest absolute Gasteiger partial charge is 0.376 e. The highest BCUT2D eigenvalue weighted by Gasteiger charge is 2.14. The molecule has 1 aliphatic rings. The van der Waals surface area contributed by atoms with Crippen molar-refractivity contribution in [2.24, 2.45) is 10.7 Å². The van der Waals surface area contributed by atoms with E-state index in [1.54, 1.807) is 0 Å². The smallest absolute Gasteiger partial charge is 0.189 e. The van der Waals surface area contributed by atoms with E-state index in [9.17, 15) is 0 Å². The molecule has 0 spiro atoms. The lowest BCUT2D eigenvalue weighted by Crippen LogP contribution is -2.37. The van der Waals surface area contributed by atoms with Crippen molar-refractivity contribution in [3.8, 4) is 5.69 Å². The molecule has 1 aromatic heterocycles. The topological polar surface area (TPSA) is 77.5 Å². The molecule has 2 heterocycles. The maximum Gasteiger partial charge on any atom is 0.189 e. The van der Waals surface area contributed by atoms with Crippen LogP contribution in [0.25, 0.3) is 5.69 Å². The number of guanidine groups is 1. The normalized spacial score (nSPS) is 18.5. The maximum absolute atomic E-state index is 5.87. The minimum Gasteiger partial charge on any atom is -0.376 e. The lowest BCUT2D eigenvalue weighted by atomic mass is 10.2. The van der Waals surface area contributed by atoms with Gasteiger partial charge in [0.1, 0.15) is 0 Å². The van der Waals surface area contributed by atoms with Crippen molar-refractivity contribution in [2.45, 2.75) is 25.5 Å². The van der Waals surface area contributed by atoms with Gasteiger partial charge in [-0.25, -0.2) is 9.67 Å². The number of aliphatic imine (C=N–C) groups is 1. The van der Waals surface area contributed by atoms with Gasteiger partial charge in [0.2, 0.25) is 0 Å². The van der Waals surface area contributed by atoms with Gasteiger partial charge in [0.15, 0.2) is 5.96 Å². The zero-order valence-electron chi connectivity index (χ0n) is 12.5. The highest BCUT2D eigenvalue weighted by atomic mass is 16.5. The number of nitrogens with two attached hydrogens (primary N) is 1. The second-order valence-electron chi connectivity index (χ2n) is 5.35. The van der Waals surface area contributed by atoms with Crippen LogP contribution in [0, 0.1) is 0 Å². The third-order valence-corrected chi connectivity index (χ3v) is 3.62. The van der Waals surface area contributed by atoms with Gasteiger partial charge in [-0.05, 0) is 25.0 Å². The lowest BCUT2D eigenvalue weighted by molar-refractivity contribution is 0.114. The Morgan fingerprint density at radius 3 is 3.05 bits per heavy atom. The van der Waals surface area contributed by atoms with Crippen LogP contribution in [-0.4, -0.2) is 35.0 Å². The molecular formula is C16H21N5O. The summed E-state index contributed by atoms with van der Waals surface area (Å²) in [5.74, 6) is 0.447. The number of rotatable bonds is 5. The molecule has 22 heavy (non-hydrogen) atoms. The number of nitrogens with one attached hydrogen (secondary N) is 1. The van der Waals surface area contributed by atoms with Crippen molar-refractivity contribution in [1.29, 1.82) is 0 Å². The van der Waals surface area contributed by atoms with Crippen LogP contribution >= 0.6 is 0 Å². The summed E-state index contributed by atoms with van der Waals surface area (Å²) >= 11 is 0. The molecule has 2 aromatic rings. The molecule has 0 radical (unpaired) electrons. The van der Waals surface area contributed by atoms with Gasteiger partial charge in [-0.1, -0.05) is 18.2 Å². The van der Waals surface area contributed by atoms with Crippen LogP contribution in [0.3, 0.4) is 0 Å². The van der Waals surface area contributed by atoms with Crippen LogP contribution in [0.15, 0.2) is 47.7 Å².